The van der Waals surface area contributed by atoms with Gasteiger partial charge < -0.3 is 14.5 Å². The van der Waals surface area contributed by atoms with Gasteiger partial charge in [-0.05, 0) is 54.4 Å². The molecule has 1 amide bonds. The molecular weight excluding hydrogens is 352 g/mol. The quantitative estimate of drug-likeness (QED) is 0.536. The molecule has 0 aliphatic carbocycles. The second-order valence-corrected chi connectivity index (χ2v) is 6.60. The van der Waals surface area contributed by atoms with Crippen molar-refractivity contribution in [2.45, 2.75) is 13.3 Å². The lowest BCUT2D eigenvalue weighted by Gasteiger charge is -2.09. The summed E-state index contributed by atoms with van der Waals surface area (Å²) in [6, 6.07) is 20.9. The zero-order valence-corrected chi connectivity index (χ0v) is 15.7. The third-order valence-electron chi connectivity index (χ3n) is 4.51. The number of carbonyl (C=O) groups is 1. The lowest BCUT2D eigenvalue weighted by Crippen LogP contribution is -2.14. The van der Waals surface area contributed by atoms with Gasteiger partial charge in [0.15, 0.2) is 5.58 Å². The number of aromatic nitrogens is 1. The number of rotatable bonds is 5. The Labute approximate surface area is 163 Å². The van der Waals surface area contributed by atoms with Gasteiger partial charge in [-0.15, -0.1) is 0 Å². The Bertz CT molecular complexity index is 1110. The van der Waals surface area contributed by atoms with Crippen molar-refractivity contribution in [2.75, 3.05) is 12.4 Å². The van der Waals surface area contributed by atoms with E-state index in [0.29, 0.717) is 11.6 Å². The minimum absolute atomic E-state index is 0.0840. The summed E-state index contributed by atoms with van der Waals surface area (Å²) in [5.41, 5.74) is 5.00. The summed E-state index contributed by atoms with van der Waals surface area (Å²) in [4.78, 5) is 17.0. The van der Waals surface area contributed by atoms with Crippen LogP contribution in [0.1, 0.15) is 11.1 Å². The fourth-order valence-electron chi connectivity index (χ4n) is 3.17. The molecule has 1 N–H and O–H groups in total. The number of oxazole rings is 1. The van der Waals surface area contributed by atoms with E-state index < -0.39 is 0 Å². The highest BCUT2D eigenvalue weighted by Crippen LogP contribution is 2.26. The van der Waals surface area contributed by atoms with Crippen molar-refractivity contribution in [1.82, 2.24) is 4.98 Å². The highest BCUT2D eigenvalue weighted by atomic mass is 16.5. The molecule has 3 aromatic carbocycles. The van der Waals surface area contributed by atoms with Crippen molar-refractivity contribution in [3.8, 4) is 17.2 Å². The second-order valence-electron chi connectivity index (χ2n) is 6.60. The molecule has 0 bridgehead atoms. The van der Waals surface area contributed by atoms with Gasteiger partial charge in [0, 0.05) is 11.3 Å². The van der Waals surface area contributed by atoms with Crippen molar-refractivity contribution >= 4 is 22.7 Å². The van der Waals surface area contributed by atoms with Crippen LogP contribution in [0, 0.1) is 6.92 Å². The van der Waals surface area contributed by atoms with Crippen LogP contribution in [-0.2, 0) is 11.2 Å². The maximum atomic E-state index is 12.5. The third-order valence-corrected chi connectivity index (χ3v) is 4.51. The molecule has 0 unspecified atom stereocenters. The first-order valence-electron chi connectivity index (χ1n) is 9.02. The van der Waals surface area contributed by atoms with E-state index in [1.54, 1.807) is 7.11 Å². The average Bonchev–Trinajstić information content (AvgIpc) is 3.12. The molecule has 140 valence electrons. The summed E-state index contributed by atoms with van der Waals surface area (Å²) in [5, 5.41) is 2.94. The Balaban J connectivity index is 1.50. The molecule has 0 spiro atoms. The number of para-hydroxylation sites is 2. The number of anilines is 1. The van der Waals surface area contributed by atoms with Crippen LogP contribution >= 0.6 is 0 Å². The molecule has 1 aromatic heterocycles. The summed E-state index contributed by atoms with van der Waals surface area (Å²) in [6.45, 7) is 1.96. The minimum atomic E-state index is -0.0840. The zero-order valence-electron chi connectivity index (χ0n) is 15.7. The molecule has 28 heavy (non-hydrogen) atoms. The Hall–Kier alpha value is -3.60. The topological polar surface area (TPSA) is 64.4 Å². The highest BCUT2D eigenvalue weighted by Gasteiger charge is 2.10. The molecular formula is C23H20N2O3. The first-order valence-corrected chi connectivity index (χ1v) is 9.02. The number of fused-ring (bicyclic) bond motifs is 1. The van der Waals surface area contributed by atoms with Crippen LogP contribution in [-0.4, -0.2) is 18.0 Å². The van der Waals surface area contributed by atoms with Crippen molar-refractivity contribution in [3.63, 3.8) is 0 Å². The lowest BCUT2D eigenvalue weighted by atomic mass is 10.1. The first-order chi connectivity index (χ1) is 13.6. The van der Waals surface area contributed by atoms with Crippen LogP contribution in [0.15, 0.2) is 71.1 Å². The summed E-state index contributed by atoms with van der Waals surface area (Å²) < 4.78 is 11.1. The molecule has 0 fully saturated rings. The van der Waals surface area contributed by atoms with Gasteiger partial charge in [-0.2, -0.15) is 0 Å². The van der Waals surface area contributed by atoms with Crippen LogP contribution in [0.5, 0.6) is 5.75 Å². The van der Waals surface area contributed by atoms with E-state index in [4.69, 9.17) is 9.15 Å². The third kappa shape index (κ3) is 3.74. The van der Waals surface area contributed by atoms with Gasteiger partial charge in [0.2, 0.25) is 11.8 Å². The molecule has 0 aliphatic heterocycles. The molecule has 4 rings (SSSR count). The SMILES string of the molecule is COc1ccc(CC(=O)Nc2cccc(-c3nc4ccccc4o3)c2)cc1C. The van der Waals surface area contributed by atoms with Gasteiger partial charge in [0.1, 0.15) is 11.3 Å². The van der Waals surface area contributed by atoms with Gasteiger partial charge in [-0.1, -0.05) is 30.3 Å². The van der Waals surface area contributed by atoms with Gasteiger partial charge in [-0.25, -0.2) is 4.98 Å². The fraction of sp³-hybridized carbons (Fsp3) is 0.130. The highest BCUT2D eigenvalue weighted by molar-refractivity contribution is 5.93. The zero-order chi connectivity index (χ0) is 19.5. The van der Waals surface area contributed by atoms with Gasteiger partial charge in [0.05, 0.1) is 13.5 Å². The molecule has 5 nitrogen and oxygen atoms in total. The molecule has 1 heterocycles. The van der Waals surface area contributed by atoms with E-state index >= 15 is 0 Å². The molecule has 5 heteroatoms. The van der Waals surface area contributed by atoms with Crippen LogP contribution < -0.4 is 10.1 Å². The first kappa shape index (κ1) is 17.8. The van der Waals surface area contributed by atoms with Crippen LogP contribution in [0.2, 0.25) is 0 Å². The number of nitrogens with one attached hydrogen (secondary N) is 1. The summed E-state index contributed by atoms with van der Waals surface area (Å²) in [6.07, 6.45) is 0.290. The Morgan fingerprint density at radius 3 is 2.71 bits per heavy atom. The predicted octanol–water partition coefficient (Wildman–Crippen LogP) is 4.99. The maximum absolute atomic E-state index is 12.5. The van der Waals surface area contributed by atoms with Crippen LogP contribution in [0.4, 0.5) is 5.69 Å². The Kier molecular flexibility index (Phi) is 4.81. The minimum Gasteiger partial charge on any atom is -0.496 e. The standard InChI is InChI=1S/C23H20N2O3/c1-15-12-16(10-11-20(15)27-2)13-22(26)24-18-7-5-6-17(14-18)23-25-19-8-3-4-9-21(19)28-23/h3-12,14H,13H2,1-2H3,(H,24,26). The lowest BCUT2D eigenvalue weighted by molar-refractivity contribution is -0.115. The predicted molar refractivity (Wildman–Crippen MR) is 110 cm³/mol. The summed E-state index contributed by atoms with van der Waals surface area (Å²) >= 11 is 0. The fourth-order valence-corrected chi connectivity index (χ4v) is 3.17. The van der Waals surface area contributed by atoms with E-state index in [-0.39, 0.29) is 12.3 Å². The monoisotopic (exact) mass is 372 g/mol. The van der Waals surface area contributed by atoms with E-state index in [1.165, 1.54) is 0 Å². The normalized spacial score (nSPS) is 10.8. The van der Waals surface area contributed by atoms with Crippen molar-refractivity contribution < 1.29 is 13.9 Å². The molecule has 4 aromatic rings. The summed E-state index contributed by atoms with van der Waals surface area (Å²) in [7, 11) is 1.64. The molecule has 0 atom stereocenters. The largest absolute Gasteiger partial charge is 0.496 e. The van der Waals surface area contributed by atoms with E-state index in [0.717, 1.165) is 33.5 Å². The number of amides is 1. The van der Waals surface area contributed by atoms with Gasteiger partial charge >= 0.3 is 0 Å². The number of aryl methyl sites for hydroxylation is 1. The van der Waals surface area contributed by atoms with Crippen molar-refractivity contribution in [3.05, 3.63) is 77.9 Å². The number of nitrogens with zero attached hydrogens (tertiary/aromatic N) is 1. The molecule has 0 aliphatic rings. The van der Waals surface area contributed by atoms with Crippen LogP contribution in [0.25, 0.3) is 22.6 Å². The van der Waals surface area contributed by atoms with E-state index in [1.807, 2.05) is 73.7 Å². The number of ether oxygens (including phenoxy) is 1. The van der Waals surface area contributed by atoms with Gasteiger partial charge in [0.25, 0.3) is 0 Å². The van der Waals surface area contributed by atoms with E-state index in [2.05, 4.69) is 10.3 Å². The maximum Gasteiger partial charge on any atom is 0.228 e. The second kappa shape index (κ2) is 7.56. The van der Waals surface area contributed by atoms with Crippen molar-refractivity contribution in [1.29, 1.82) is 0 Å². The smallest absolute Gasteiger partial charge is 0.228 e. The number of carbonyl (C=O) groups excluding carboxylic acids is 1. The Morgan fingerprint density at radius 1 is 1.07 bits per heavy atom. The van der Waals surface area contributed by atoms with Crippen molar-refractivity contribution in [2.24, 2.45) is 0 Å². The Morgan fingerprint density at radius 2 is 1.93 bits per heavy atom. The molecule has 0 saturated carbocycles. The van der Waals surface area contributed by atoms with E-state index in [9.17, 15) is 4.79 Å². The average molecular weight is 372 g/mol. The number of methoxy groups -OCH3 is 1. The number of benzene rings is 3. The number of hydrogen-bond acceptors (Lipinski definition) is 4. The molecule has 0 saturated heterocycles. The van der Waals surface area contributed by atoms with Crippen LogP contribution in [0.3, 0.4) is 0 Å². The number of hydrogen-bond donors (Lipinski definition) is 1. The van der Waals surface area contributed by atoms with Gasteiger partial charge in [-0.3, -0.25) is 4.79 Å². The summed E-state index contributed by atoms with van der Waals surface area (Å²) in [5.74, 6) is 1.26. The molecule has 0 radical (unpaired) electrons.